The Morgan fingerprint density at radius 3 is 2.05 bits per heavy atom. The normalized spacial score (nSPS) is 24.3. The van der Waals surface area contributed by atoms with Crippen LogP contribution >= 0.6 is 0 Å². The number of nitrogens with zero attached hydrogens (tertiary/aromatic N) is 1. The molecule has 0 N–H and O–H groups in total. The fraction of sp³-hybridized carbons (Fsp3) is 1.00. The maximum atomic E-state index is 12.4. The monoisotopic (exact) mass is 309 g/mol. The van der Waals surface area contributed by atoms with Gasteiger partial charge in [0.25, 0.3) is 0 Å². The Labute approximate surface area is 116 Å². The molecule has 0 unspecified atom stereocenters. The van der Waals surface area contributed by atoms with E-state index in [-0.39, 0.29) is 24.1 Å². The largest absolute Gasteiger partial charge is 0.228 e. The van der Waals surface area contributed by atoms with Crippen molar-refractivity contribution in [2.75, 3.05) is 18.8 Å². The van der Waals surface area contributed by atoms with Crippen molar-refractivity contribution in [3.8, 4) is 0 Å². The first-order chi connectivity index (χ1) is 8.88. The van der Waals surface area contributed by atoms with Crippen molar-refractivity contribution in [3.63, 3.8) is 0 Å². The van der Waals surface area contributed by atoms with E-state index in [4.69, 9.17) is 0 Å². The van der Waals surface area contributed by atoms with E-state index in [0.717, 1.165) is 32.1 Å². The van der Waals surface area contributed by atoms with E-state index >= 15 is 0 Å². The Bertz CT molecular complexity index is 500. The summed E-state index contributed by atoms with van der Waals surface area (Å²) in [6.45, 7) is 2.15. The highest BCUT2D eigenvalue weighted by Crippen LogP contribution is 2.30. The zero-order valence-electron chi connectivity index (χ0n) is 11.4. The lowest BCUT2D eigenvalue weighted by Crippen LogP contribution is -2.59. The molecular formula is C12H23NO4S2. The molecule has 0 aromatic heterocycles. The molecule has 5 nitrogen and oxygen atoms in total. The predicted molar refractivity (Wildman–Crippen MR) is 75.2 cm³/mol. The fourth-order valence-corrected chi connectivity index (χ4v) is 6.98. The summed E-state index contributed by atoms with van der Waals surface area (Å²) >= 11 is 0. The molecule has 0 aromatic carbocycles. The van der Waals surface area contributed by atoms with E-state index in [1.165, 1.54) is 4.31 Å². The fourth-order valence-electron chi connectivity index (χ4n) is 2.89. The van der Waals surface area contributed by atoms with Crippen LogP contribution in [0, 0.1) is 0 Å². The minimum Gasteiger partial charge on any atom is -0.228 e. The van der Waals surface area contributed by atoms with Crippen molar-refractivity contribution in [2.24, 2.45) is 0 Å². The molecule has 112 valence electrons. The van der Waals surface area contributed by atoms with Crippen molar-refractivity contribution in [1.29, 1.82) is 0 Å². The van der Waals surface area contributed by atoms with Crippen molar-refractivity contribution in [1.82, 2.24) is 4.31 Å². The molecule has 0 spiro atoms. The van der Waals surface area contributed by atoms with Crippen LogP contribution in [0.2, 0.25) is 0 Å². The van der Waals surface area contributed by atoms with Gasteiger partial charge in [-0.2, -0.15) is 4.31 Å². The summed E-state index contributed by atoms with van der Waals surface area (Å²) in [6.07, 6.45) is 5.15. The van der Waals surface area contributed by atoms with Crippen LogP contribution in [-0.4, -0.2) is 50.5 Å². The van der Waals surface area contributed by atoms with Crippen LogP contribution in [0.4, 0.5) is 0 Å². The van der Waals surface area contributed by atoms with Crippen molar-refractivity contribution >= 4 is 19.9 Å². The van der Waals surface area contributed by atoms with Gasteiger partial charge in [0.1, 0.15) is 0 Å². The molecule has 0 aromatic rings. The summed E-state index contributed by atoms with van der Waals surface area (Å²) < 4.78 is 49.7. The van der Waals surface area contributed by atoms with Gasteiger partial charge < -0.3 is 0 Å². The SMILES string of the molecule is CCCS(=O)(=O)N1CC(S(=O)(=O)C2CCCCC2)C1. The molecule has 1 heterocycles. The molecule has 1 aliphatic carbocycles. The van der Waals surface area contributed by atoms with Crippen LogP contribution in [0.15, 0.2) is 0 Å². The predicted octanol–water partition coefficient (Wildman–Crippen LogP) is 1.16. The molecule has 1 aliphatic heterocycles. The lowest BCUT2D eigenvalue weighted by molar-refractivity contribution is 0.306. The van der Waals surface area contributed by atoms with Gasteiger partial charge in [-0.15, -0.1) is 0 Å². The van der Waals surface area contributed by atoms with Gasteiger partial charge in [-0.25, -0.2) is 16.8 Å². The Morgan fingerprint density at radius 1 is 0.947 bits per heavy atom. The highest BCUT2D eigenvalue weighted by molar-refractivity contribution is 7.93. The Morgan fingerprint density at radius 2 is 1.53 bits per heavy atom. The smallest absolute Gasteiger partial charge is 0.214 e. The molecule has 2 rings (SSSR count). The maximum absolute atomic E-state index is 12.4. The third kappa shape index (κ3) is 3.13. The van der Waals surface area contributed by atoms with Crippen LogP contribution in [0.25, 0.3) is 0 Å². The molecule has 2 aliphatic rings. The Balaban J connectivity index is 1.96. The number of hydrogen-bond acceptors (Lipinski definition) is 4. The number of sulfone groups is 1. The van der Waals surface area contributed by atoms with Crippen molar-refractivity contribution in [3.05, 3.63) is 0 Å². The molecule has 1 saturated heterocycles. The summed E-state index contributed by atoms with van der Waals surface area (Å²) in [6, 6.07) is 0. The molecule has 0 amide bonds. The first kappa shape index (κ1) is 15.3. The van der Waals surface area contributed by atoms with E-state index in [1.54, 1.807) is 0 Å². The number of sulfonamides is 1. The minimum absolute atomic E-state index is 0.114. The van der Waals surface area contributed by atoms with E-state index in [1.807, 2.05) is 6.92 Å². The lowest BCUT2D eigenvalue weighted by Gasteiger charge is -2.39. The van der Waals surface area contributed by atoms with Gasteiger partial charge in [0.05, 0.1) is 16.3 Å². The summed E-state index contributed by atoms with van der Waals surface area (Å²) in [4.78, 5) is 0. The molecular weight excluding hydrogens is 286 g/mol. The van der Waals surface area contributed by atoms with E-state index < -0.39 is 25.1 Å². The molecule has 0 radical (unpaired) electrons. The second kappa shape index (κ2) is 5.69. The van der Waals surface area contributed by atoms with Gasteiger partial charge in [0.2, 0.25) is 10.0 Å². The third-order valence-corrected chi connectivity index (χ3v) is 8.79. The van der Waals surface area contributed by atoms with E-state index in [9.17, 15) is 16.8 Å². The van der Waals surface area contributed by atoms with Crippen LogP contribution in [0.5, 0.6) is 0 Å². The van der Waals surface area contributed by atoms with E-state index in [0.29, 0.717) is 6.42 Å². The van der Waals surface area contributed by atoms with Gasteiger partial charge in [-0.1, -0.05) is 26.2 Å². The first-order valence-corrected chi connectivity index (χ1v) is 10.3. The molecule has 0 bridgehead atoms. The maximum Gasteiger partial charge on any atom is 0.214 e. The van der Waals surface area contributed by atoms with Gasteiger partial charge >= 0.3 is 0 Å². The second-order valence-electron chi connectivity index (χ2n) is 5.60. The van der Waals surface area contributed by atoms with Gasteiger partial charge in [0, 0.05) is 13.1 Å². The zero-order valence-corrected chi connectivity index (χ0v) is 13.0. The van der Waals surface area contributed by atoms with Gasteiger partial charge in [-0.05, 0) is 19.3 Å². The van der Waals surface area contributed by atoms with Crippen LogP contribution in [0.1, 0.15) is 45.4 Å². The van der Waals surface area contributed by atoms with Crippen LogP contribution in [0.3, 0.4) is 0 Å². The lowest BCUT2D eigenvalue weighted by atomic mass is 10.0. The minimum atomic E-state index is -3.23. The highest BCUT2D eigenvalue weighted by Gasteiger charge is 2.45. The molecule has 2 fully saturated rings. The van der Waals surface area contributed by atoms with Gasteiger partial charge in [0.15, 0.2) is 9.84 Å². The number of hydrogen-bond donors (Lipinski definition) is 0. The topological polar surface area (TPSA) is 71.5 Å². The summed E-state index contributed by atoms with van der Waals surface area (Å²) in [7, 11) is -6.37. The standard InChI is InChI=1S/C12H23NO4S2/c1-2-8-18(14,15)13-9-12(10-13)19(16,17)11-6-4-3-5-7-11/h11-12H,2-10H2,1H3. The average molecular weight is 309 g/mol. The van der Waals surface area contributed by atoms with Crippen molar-refractivity contribution < 1.29 is 16.8 Å². The molecule has 19 heavy (non-hydrogen) atoms. The third-order valence-electron chi connectivity index (χ3n) is 4.15. The molecule has 1 saturated carbocycles. The molecule has 0 atom stereocenters. The molecule has 7 heteroatoms. The van der Waals surface area contributed by atoms with Crippen LogP contribution in [-0.2, 0) is 19.9 Å². The summed E-state index contributed by atoms with van der Waals surface area (Å²) in [5.41, 5.74) is 0. The quantitative estimate of drug-likeness (QED) is 0.764. The zero-order chi connectivity index (χ0) is 14.1. The Hall–Kier alpha value is -0.140. The van der Waals surface area contributed by atoms with Crippen LogP contribution < -0.4 is 0 Å². The first-order valence-electron chi connectivity index (χ1n) is 7.08. The number of rotatable bonds is 5. The Kier molecular flexibility index (Phi) is 4.57. The highest BCUT2D eigenvalue weighted by atomic mass is 32.2. The summed E-state index contributed by atoms with van der Waals surface area (Å²) in [5, 5.41) is -0.704. The van der Waals surface area contributed by atoms with Gasteiger partial charge in [-0.3, -0.25) is 0 Å². The average Bonchev–Trinajstić information content (AvgIpc) is 2.27. The second-order valence-corrected chi connectivity index (χ2v) is 10.2. The van der Waals surface area contributed by atoms with Crippen molar-refractivity contribution in [2.45, 2.75) is 55.9 Å². The van der Waals surface area contributed by atoms with E-state index in [2.05, 4.69) is 0 Å². The summed E-state index contributed by atoms with van der Waals surface area (Å²) in [5.74, 6) is 0.114.